The molecule has 1 rings (SSSR count). The summed E-state index contributed by atoms with van der Waals surface area (Å²) in [6, 6.07) is 0.317. The average Bonchev–Trinajstić information content (AvgIpc) is 2.53. The molecule has 0 aromatic carbocycles. The minimum absolute atomic E-state index is 0. The molecule has 1 aliphatic rings. The molecule has 0 heterocycles. The summed E-state index contributed by atoms with van der Waals surface area (Å²) in [7, 11) is 0. The van der Waals surface area contributed by atoms with Crippen LogP contribution in [0.1, 0.15) is 65.7 Å². The molecule has 142 valence electrons. The first kappa shape index (κ1) is 23.2. The normalized spacial score (nSPS) is 16.4. The number of hydrogen-bond acceptors (Lipinski definition) is 4. The highest BCUT2D eigenvalue weighted by atomic mass is 35.5. The Morgan fingerprint density at radius 2 is 1.83 bits per heavy atom. The van der Waals surface area contributed by atoms with Gasteiger partial charge in [0.25, 0.3) is 5.91 Å². The molecule has 5 nitrogen and oxygen atoms in total. The topological polar surface area (TPSA) is 72.6 Å². The van der Waals surface area contributed by atoms with Crippen LogP contribution in [0.2, 0.25) is 0 Å². The molecule has 0 unspecified atom stereocenters. The number of carbonyl (C=O) groups is 2. The fourth-order valence-electron chi connectivity index (χ4n) is 3.48. The second-order valence-corrected chi connectivity index (χ2v) is 7.07. The van der Waals surface area contributed by atoms with Gasteiger partial charge in [0.05, 0.1) is 0 Å². The minimum atomic E-state index is -0.311. The Labute approximate surface area is 153 Å². The van der Waals surface area contributed by atoms with Gasteiger partial charge in [-0.05, 0) is 44.6 Å². The fraction of sp³-hybridized carbons (Fsp3) is 0.889. The molecule has 0 saturated heterocycles. The van der Waals surface area contributed by atoms with E-state index in [1.807, 2.05) is 11.8 Å². The largest absolute Gasteiger partial charge is 0.456 e. The summed E-state index contributed by atoms with van der Waals surface area (Å²) in [6.45, 7) is 7.23. The van der Waals surface area contributed by atoms with Crippen molar-refractivity contribution in [1.82, 2.24) is 4.90 Å². The maximum absolute atomic E-state index is 12.3. The van der Waals surface area contributed by atoms with Gasteiger partial charge in [0.1, 0.15) is 0 Å². The van der Waals surface area contributed by atoms with Crippen LogP contribution >= 0.6 is 12.4 Å². The summed E-state index contributed by atoms with van der Waals surface area (Å²) >= 11 is 0. The number of ether oxygens (including phenoxy) is 1. The molecule has 1 aliphatic carbocycles. The first-order valence-corrected chi connectivity index (χ1v) is 9.13. The summed E-state index contributed by atoms with van der Waals surface area (Å²) in [4.78, 5) is 26.1. The van der Waals surface area contributed by atoms with Crippen LogP contribution in [0.4, 0.5) is 0 Å². The predicted molar refractivity (Wildman–Crippen MR) is 99.1 cm³/mol. The standard InChI is InChI=1S/C18H34N2O3.ClH/c1-4-20(16-8-6-5-7-9-16)17(21)13-23-18(22)11-15(12-19)10-14(2)3;/h14-16H,4-13,19H2,1-3H3;1H/t15-;/m0./s1. The Hall–Kier alpha value is -0.810. The number of hydrogen-bond donors (Lipinski definition) is 1. The van der Waals surface area contributed by atoms with Crippen molar-refractivity contribution in [3.63, 3.8) is 0 Å². The quantitative estimate of drug-likeness (QED) is 0.639. The molecule has 0 aromatic heterocycles. The van der Waals surface area contributed by atoms with Crippen molar-refractivity contribution in [3.05, 3.63) is 0 Å². The lowest BCUT2D eigenvalue weighted by Crippen LogP contribution is -2.43. The molecule has 0 aromatic rings. The van der Waals surface area contributed by atoms with Gasteiger partial charge in [-0.25, -0.2) is 0 Å². The zero-order chi connectivity index (χ0) is 17.2. The zero-order valence-electron chi connectivity index (χ0n) is 15.5. The van der Waals surface area contributed by atoms with Gasteiger partial charge in [-0.1, -0.05) is 33.1 Å². The van der Waals surface area contributed by atoms with E-state index >= 15 is 0 Å². The van der Waals surface area contributed by atoms with Gasteiger partial charge in [-0.3, -0.25) is 9.59 Å². The van der Waals surface area contributed by atoms with Crippen LogP contribution in [0.3, 0.4) is 0 Å². The molecule has 1 atom stereocenters. The van der Waals surface area contributed by atoms with Gasteiger partial charge >= 0.3 is 5.97 Å². The molecule has 0 aliphatic heterocycles. The van der Waals surface area contributed by atoms with Crippen LogP contribution in [0, 0.1) is 11.8 Å². The molecule has 0 bridgehead atoms. The van der Waals surface area contributed by atoms with Gasteiger partial charge in [-0.2, -0.15) is 0 Å². The summed E-state index contributed by atoms with van der Waals surface area (Å²) < 4.78 is 5.21. The third-order valence-electron chi connectivity index (χ3n) is 4.63. The summed E-state index contributed by atoms with van der Waals surface area (Å²) in [5.41, 5.74) is 5.71. The van der Waals surface area contributed by atoms with Gasteiger partial charge in [0, 0.05) is 19.0 Å². The van der Waals surface area contributed by atoms with E-state index in [1.54, 1.807) is 0 Å². The number of rotatable bonds is 9. The van der Waals surface area contributed by atoms with E-state index in [2.05, 4.69) is 13.8 Å². The van der Waals surface area contributed by atoms with Gasteiger partial charge < -0.3 is 15.4 Å². The average molecular weight is 363 g/mol. The van der Waals surface area contributed by atoms with Crippen molar-refractivity contribution in [2.45, 2.75) is 71.8 Å². The highest BCUT2D eigenvalue weighted by molar-refractivity contribution is 5.85. The number of nitrogens with two attached hydrogens (primary N) is 1. The Bertz CT molecular complexity index is 371. The second-order valence-electron chi connectivity index (χ2n) is 7.07. The molecule has 0 spiro atoms. The molecule has 1 amide bonds. The van der Waals surface area contributed by atoms with E-state index < -0.39 is 0 Å². The predicted octanol–water partition coefficient (Wildman–Crippen LogP) is 3.14. The third kappa shape index (κ3) is 8.34. The number of carbonyl (C=O) groups excluding carboxylic acids is 2. The van der Waals surface area contributed by atoms with Crippen LogP contribution in [0.25, 0.3) is 0 Å². The Balaban J connectivity index is 0.00000529. The second kappa shape index (κ2) is 12.5. The fourth-order valence-corrected chi connectivity index (χ4v) is 3.48. The van der Waals surface area contributed by atoms with Gasteiger partial charge in [-0.15, -0.1) is 12.4 Å². The lowest BCUT2D eigenvalue weighted by atomic mass is 9.94. The first-order valence-electron chi connectivity index (χ1n) is 9.13. The number of nitrogens with zero attached hydrogens (tertiary/aromatic N) is 1. The van der Waals surface area contributed by atoms with Crippen molar-refractivity contribution < 1.29 is 14.3 Å². The minimum Gasteiger partial charge on any atom is -0.456 e. The van der Waals surface area contributed by atoms with E-state index in [0.717, 1.165) is 19.3 Å². The first-order chi connectivity index (χ1) is 11.0. The number of esters is 1. The Kier molecular flexibility index (Phi) is 12.1. The summed E-state index contributed by atoms with van der Waals surface area (Å²) in [5.74, 6) is 0.258. The molecular formula is C18H35ClN2O3. The molecular weight excluding hydrogens is 328 g/mol. The Morgan fingerprint density at radius 3 is 2.33 bits per heavy atom. The molecule has 1 saturated carbocycles. The number of halogens is 1. The van der Waals surface area contributed by atoms with Crippen molar-refractivity contribution >= 4 is 24.3 Å². The lowest BCUT2D eigenvalue weighted by molar-refractivity contribution is -0.154. The monoisotopic (exact) mass is 362 g/mol. The molecule has 24 heavy (non-hydrogen) atoms. The molecule has 1 fully saturated rings. The van der Waals surface area contributed by atoms with Crippen molar-refractivity contribution in [2.24, 2.45) is 17.6 Å². The molecule has 6 heteroatoms. The summed E-state index contributed by atoms with van der Waals surface area (Å²) in [6.07, 6.45) is 6.96. The van der Waals surface area contributed by atoms with Crippen LogP contribution in [0.15, 0.2) is 0 Å². The number of likely N-dealkylation sites (N-methyl/N-ethyl adjacent to an activating group) is 1. The third-order valence-corrected chi connectivity index (χ3v) is 4.63. The maximum atomic E-state index is 12.3. The highest BCUT2D eigenvalue weighted by Crippen LogP contribution is 2.22. The highest BCUT2D eigenvalue weighted by Gasteiger charge is 2.25. The van der Waals surface area contributed by atoms with Crippen molar-refractivity contribution in [3.8, 4) is 0 Å². The van der Waals surface area contributed by atoms with Crippen LogP contribution in [0.5, 0.6) is 0 Å². The number of amides is 1. The van der Waals surface area contributed by atoms with Gasteiger partial charge in [0.2, 0.25) is 0 Å². The molecule has 0 radical (unpaired) electrons. The van der Waals surface area contributed by atoms with E-state index in [4.69, 9.17) is 10.5 Å². The van der Waals surface area contributed by atoms with E-state index in [0.29, 0.717) is 31.5 Å². The van der Waals surface area contributed by atoms with Crippen LogP contribution in [-0.2, 0) is 14.3 Å². The lowest BCUT2D eigenvalue weighted by Gasteiger charge is -2.33. The van der Waals surface area contributed by atoms with Crippen molar-refractivity contribution in [2.75, 3.05) is 19.7 Å². The SMILES string of the molecule is CCN(C(=O)COC(=O)C[C@@H](CN)CC(C)C)C1CCCCC1.Cl. The van der Waals surface area contributed by atoms with E-state index in [-0.39, 0.29) is 36.8 Å². The van der Waals surface area contributed by atoms with Crippen LogP contribution < -0.4 is 5.73 Å². The van der Waals surface area contributed by atoms with Gasteiger partial charge in [0.15, 0.2) is 6.61 Å². The van der Waals surface area contributed by atoms with Crippen molar-refractivity contribution in [1.29, 1.82) is 0 Å². The van der Waals surface area contributed by atoms with E-state index in [1.165, 1.54) is 19.3 Å². The zero-order valence-corrected chi connectivity index (χ0v) is 16.3. The van der Waals surface area contributed by atoms with Crippen LogP contribution in [-0.4, -0.2) is 42.5 Å². The van der Waals surface area contributed by atoms with E-state index in [9.17, 15) is 9.59 Å². The molecule has 2 N–H and O–H groups in total. The smallest absolute Gasteiger partial charge is 0.306 e. The Morgan fingerprint density at radius 1 is 1.21 bits per heavy atom. The maximum Gasteiger partial charge on any atom is 0.306 e. The summed E-state index contributed by atoms with van der Waals surface area (Å²) in [5, 5.41) is 0.